The Morgan fingerprint density at radius 3 is 2.84 bits per heavy atom. The average Bonchev–Trinajstić information content (AvgIpc) is 3.24. The molecule has 0 saturated carbocycles. The number of imide groups is 1. The fourth-order valence-electron chi connectivity index (χ4n) is 2.41. The highest BCUT2D eigenvalue weighted by Crippen LogP contribution is 2.34. The number of rotatable bonds is 5. The standard InChI is InChI=1S/C17H19N3O4S/c1-11(15-4-3-7-25-15)20(2)9-16(21)19-17(22)18-12-5-6-13-14(8-12)24-10-23-13/h3-8,11H,9-10H2,1-2H3,(H2,18,19,21,22). The maximum atomic E-state index is 12.1. The summed E-state index contributed by atoms with van der Waals surface area (Å²) in [6.07, 6.45) is 0. The Morgan fingerprint density at radius 2 is 2.08 bits per heavy atom. The number of carbonyl (C=O) groups is 2. The summed E-state index contributed by atoms with van der Waals surface area (Å²) >= 11 is 1.64. The van der Waals surface area contributed by atoms with Gasteiger partial charge in [0.1, 0.15) is 0 Å². The first-order valence-corrected chi connectivity index (χ1v) is 8.65. The van der Waals surface area contributed by atoms with Gasteiger partial charge in [0.2, 0.25) is 12.7 Å². The molecule has 7 nitrogen and oxygen atoms in total. The van der Waals surface area contributed by atoms with Crippen LogP contribution in [0, 0.1) is 0 Å². The molecule has 0 radical (unpaired) electrons. The lowest BCUT2D eigenvalue weighted by atomic mass is 10.2. The molecule has 2 heterocycles. The van der Waals surface area contributed by atoms with E-state index in [4.69, 9.17) is 9.47 Å². The summed E-state index contributed by atoms with van der Waals surface area (Å²) in [5, 5.41) is 6.94. The predicted molar refractivity (Wildman–Crippen MR) is 95.1 cm³/mol. The minimum Gasteiger partial charge on any atom is -0.454 e. The topological polar surface area (TPSA) is 79.9 Å². The number of benzene rings is 1. The molecule has 0 spiro atoms. The van der Waals surface area contributed by atoms with Crippen LogP contribution < -0.4 is 20.1 Å². The summed E-state index contributed by atoms with van der Waals surface area (Å²) in [5.74, 6) is 0.823. The second kappa shape index (κ2) is 7.54. The maximum Gasteiger partial charge on any atom is 0.325 e. The normalized spacial score (nSPS) is 13.6. The fourth-order valence-corrected chi connectivity index (χ4v) is 3.26. The highest BCUT2D eigenvalue weighted by molar-refractivity contribution is 7.10. The van der Waals surface area contributed by atoms with Gasteiger partial charge in [0, 0.05) is 22.7 Å². The Labute approximate surface area is 149 Å². The molecule has 1 aliphatic heterocycles. The smallest absolute Gasteiger partial charge is 0.325 e. The van der Waals surface area contributed by atoms with Crippen molar-refractivity contribution >= 4 is 29.0 Å². The number of carbonyl (C=O) groups excluding carboxylic acids is 2. The van der Waals surface area contributed by atoms with Gasteiger partial charge in [0.25, 0.3) is 0 Å². The van der Waals surface area contributed by atoms with Gasteiger partial charge >= 0.3 is 6.03 Å². The van der Waals surface area contributed by atoms with E-state index in [0.29, 0.717) is 17.2 Å². The number of ether oxygens (including phenoxy) is 2. The van der Waals surface area contributed by atoms with Gasteiger partial charge in [-0.25, -0.2) is 4.79 Å². The number of likely N-dealkylation sites (N-methyl/N-ethyl adjacent to an activating group) is 1. The lowest BCUT2D eigenvalue weighted by molar-refractivity contribution is -0.121. The van der Waals surface area contributed by atoms with Gasteiger partial charge in [-0.15, -0.1) is 11.3 Å². The summed E-state index contributed by atoms with van der Waals surface area (Å²) in [4.78, 5) is 27.1. The molecule has 0 bridgehead atoms. The van der Waals surface area contributed by atoms with Gasteiger partial charge < -0.3 is 14.8 Å². The van der Waals surface area contributed by atoms with Crippen molar-refractivity contribution in [3.8, 4) is 11.5 Å². The van der Waals surface area contributed by atoms with Crippen molar-refractivity contribution in [1.29, 1.82) is 0 Å². The molecule has 1 aromatic carbocycles. The van der Waals surface area contributed by atoms with Crippen LogP contribution in [-0.4, -0.2) is 37.2 Å². The van der Waals surface area contributed by atoms with Crippen LogP contribution in [0.15, 0.2) is 35.7 Å². The fraction of sp³-hybridized carbons (Fsp3) is 0.294. The van der Waals surface area contributed by atoms with Gasteiger partial charge in [-0.05, 0) is 37.6 Å². The van der Waals surface area contributed by atoms with Gasteiger partial charge in [-0.1, -0.05) is 6.07 Å². The highest BCUT2D eigenvalue weighted by Gasteiger charge is 2.18. The van der Waals surface area contributed by atoms with Crippen molar-refractivity contribution in [2.24, 2.45) is 0 Å². The number of hydrogen-bond acceptors (Lipinski definition) is 6. The van der Waals surface area contributed by atoms with Crippen LogP contribution in [0.25, 0.3) is 0 Å². The Bertz CT molecular complexity index is 763. The predicted octanol–water partition coefficient (Wildman–Crippen LogP) is 2.82. The lowest BCUT2D eigenvalue weighted by Gasteiger charge is -2.22. The first kappa shape index (κ1) is 17.2. The van der Waals surface area contributed by atoms with E-state index in [9.17, 15) is 9.59 Å². The van der Waals surface area contributed by atoms with Crippen molar-refractivity contribution in [2.45, 2.75) is 13.0 Å². The summed E-state index contributed by atoms with van der Waals surface area (Å²) in [5.41, 5.74) is 0.523. The van der Waals surface area contributed by atoms with E-state index in [1.807, 2.05) is 36.4 Å². The molecule has 3 amide bonds. The second-order valence-corrected chi connectivity index (χ2v) is 6.66. The first-order valence-electron chi connectivity index (χ1n) is 7.77. The summed E-state index contributed by atoms with van der Waals surface area (Å²) in [6, 6.07) is 8.55. The number of fused-ring (bicyclic) bond motifs is 1. The van der Waals surface area contributed by atoms with E-state index >= 15 is 0 Å². The van der Waals surface area contributed by atoms with Gasteiger partial charge in [0.05, 0.1) is 6.54 Å². The zero-order chi connectivity index (χ0) is 17.8. The third kappa shape index (κ3) is 4.28. The van der Waals surface area contributed by atoms with Gasteiger partial charge in [-0.2, -0.15) is 0 Å². The lowest BCUT2D eigenvalue weighted by Crippen LogP contribution is -2.41. The van der Waals surface area contributed by atoms with Gasteiger partial charge in [0.15, 0.2) is 11.5 Å². The molecule has 0 saturated heterocycles. The Kier molecular flexibility index (Phi) is 5.20. The van der Waals surface area contributed by atoms with E-state index in [-0.39, 0.29) is 25.3 Å². The molecule has 1 atom stereocenters. The van der Waals surface area contributed by atoms with E-state index in [1.54, 1.807) is 29.5 Å². The number of urea groups is 1. The van der Waals surface area contributed by atoms with E-state index < -0.39 is 6.03 Å². The zero-order valence-corrected chi connectivity index (χ0v) is 14.8. The average molecular weight is 361 g/mol. The van der Waals surface area contributed by atoms with Crippen LogP contribution in [0.5, 0.6) is 11.5 Å². The van der Waals surface area contributed by atoms with Crippen LogP contribution in [0.2, 0.25) is 0 Å². The molecular weight excluding hydrogens is 342 g/mol. The molecule has 1 aromatic heterocycles. The molecule has 8 heteroatoms. The molecule has 1 aliphatic rings. The molecule has 3 rings (SSSR count). The molecule has 25 heavy (non-hydrogen) atoms. The summed E-state index contributed by atoms with van der Waals surface area (Å²) in [6.45, 7) is 2.30. The Morgan fingerprint density at radius 1 is 1.28 bits per heavy atom. The van der Waals surface area contributed by atoms with Crippen LogP contribution in [0.1, 0.15) is 17.8 Å². The Hall–Kier alpha value is -2.58. The van der Waals surface area contributed by atoms with Crippen LogP contribution in [0.4, 0.5) is 10.5 Å². The molecule has 0 fully saturated rings. The second-order valence-electron chi connectivity index (χ2n) is 5.68. The van der Waals surface area contributed by atoms with Crippen LogP contribution in [0.3, 0.4) is 0 Å². The number of hydrogen-bond donors (Lipinski definition) is 2. The quantitative estimate of drug-likeness (QED) is 0.856. The minimum absolute atomic E-state index is 0.0997. The minimum atomic E-state index is -0.582. The third-order valence-corrected chi connectivity index (χ3v) is 4.94. The third-order valence-electron chi connectivity index (χ3n) is 3.89. The highest BCUT2D eigenvalue weighted by atomic mass is 32.1. The molecule has 0 aliphatic carbocycles. The molecule has 2 aromatic rings. The van der Waals surface area contributed by atoms with Crippen molar-refractivity contribution in [3.63, 3.8) is 0 Å². The summed E-state index contributed by atoms with van der Waals surface area (Å²) < 4.78 is 10.5. The molecule has 132 valence electrons. The SMILES string of the molecule is CC(c1cccs1)N(C)CC(=O)NC(=O)Nc1ccc2c(c1)OCO2. The maximum absolute atomic E-state index is 12.1. The summed E-state index contributed by atoms with van der Waals surface area (Å²) in [7, 11) is 1.85. The molecular formula is C17H19N3O4S. The monoisotopic (exact) mass is 361 g/mol. The van der Waals surface area contributed by atoms with E-state index in [1.165, 1.54) is 4.88 Å². The van der Waals surface area contributed by atoms with Crippen LogP contribution in [-0.2, 0) is 4.79 Å². The van der Waals surface area contributed by atoms with Crippen molar-refractivity contribution in [2.75, 3.05) is 25.7 Å². The van der Waals surface area contributed by atoms with E-state index in [2.05, 4.69) is 10.6 Å². The number of thiophene rings is 1. The first-order chi connectivity index (χ1) is 12.0. The number of nitrogens with zero attached hydrogens (tertiary/aromatic N) is 1. The van der Waals surface area contributed by atoms with Crippen molar-refractivity contribution in [1.82, 2.24) is 10.2 Å². The van der Waals surface area contributed by atoms with Crippen LogP contribution >= 0.6 is 11.3 Å². The molecule has 2 N–H and O–H groups in total. The van der Waals surface area contributed by atoms with Gasteiger partial charge in [-0.3, -0.25) is 15.0 Å². The Balaban J connectivity index is 1.50. The molecule has 1 unspecified atom stereocenters. The van der Waals surface area contributed by atoms with E-state index in [0.717, 1.165) is 0 Å². The number of anilines is 1. The number of nitrogens with one attached hydrogen (secondary N) is 2. The number of amides is 3. The van der Waals surface area contributed by atoms with Crippen molar-refractivity contribution < 1.29 is 19.1 Å². The van der Waals surface area contributed by atoms with Crippen molar-refractivity contribution in [3.05, 3.63) is 40.6 Å². The zero-order valence-electron chi connectivity index (χ0n) is 13.9. The largest absolute Gasteiger partial charge is 0.454 e.